The summed E-state index contributed by atoms with van der Waals surface area (Å²) >= 11 is 0. The topological polar surface area (TPSA) is 38.5 Å². The smallest absolute Gasteiger partial charge is 0.0700 e. The Balaban J connectivity index is 2.24. The van der Waals surface area contributed by atoms with Gasteiger partial charge >= 0.3 is 0 Å². The number of aryl methyl sites for hydroxylation is 2. The summed E-state index contributed by atoms with van der Waals surface area (Å²) < 4.78 is 5.77. The van der Waals surface area contributed by atoms with Crippen LogP contribution in [-0.4, -0.2) is 37.2 Å². The monoisotopic (exact) mass is 262 g/mol. The molecule has 0 amide bonds. The first-order chi connectivity index (χ1) is 9.17. The lowest BCUT2D eigenvalue weighted by molar-refractivity contribution is -0.0438. The zero-order chi connectivity index (χ0) is 13.8. The number of hydrogen-bond acceptors (Lipinski definition) is 3. The highest BCUT2D eigenvalue weighted by Crippen LogP contribution is 2.28. The van der Waals surface area contributed by atoms with Crippen molar-refractivity contribution in [3.63, 3.8) is 0 Å². The van der Waals surface area contributed by atoms with Crippen molar-refractivity contribution >= 4 is 0 Å². The summed E-state index contributed by atoms with van der Waals surface area (Å²) in [6.45, 7) is 10.0. The lowest BCUT2D eigenvalue weighted by Crippen LogP contribution is -2.46. The number of nitrogens with two attached hydrogens (primary N) is 1. The van der Waals surface area contributed by atoms with Crippen LogP contribution in [0.5, 0.6) is 0 Å². The van der Waals surface area contributed by atoms with Crippen molar-refractivity contribution in [3.8, 4) is 0 Å². The quantitative estimate of drug-likeness (QED) is 0.905. The Labute approximate surface area is 116 Å². The Morgan fingerprint density at radius 1 is 1.37 bits per heavy atom. The summed E-state index contributed by atoms with van der Waals surface area (Å²) in [5, 5.41) is 0. The van der Waals surface area contributed by atoms with Crippen molar-refractivity contribution in [1.82, 2.24) is 4.90 Å². The lowest BCUT2D eigenvalue weighted by Gasteiger charge is -2.39. The fourth-order valence-corrected chi connectivity index (χ4v) is 3.07. The Kier molecular flexibility index (Phi) is 4.97. The second kappa shape index (κ2) is 6.51. The maximum atomic E-state index is 6.08. The van der Waals surface area contributed by atoms with Gasteiger partial charge in [-0.2, -0.15) is 0 Å². The van der Waals surface area contributed by atoms with Gasteiger partial charge in [0.05, 0.1) is 12.7 Å². The van der Waals surface area contributed by atoms with E-state index in [1.54, 1.807) is 0 Å². The second-order valence-electron chi connectivity index (χ2n) is 5.45. The Bertz CT molecular complexity index is 399. The van der Waals surface area contributed by atoms with Crippen LogP contribution in [0.3, 0.4) is 0 Å². The Morgan fingerprint density at radius 2 is 2.05 bits per heavy atom. The summed E-state index contributed by atoms with van der Waals surface area (Å²) in [6.07, 6.45) is 1.42. The highest BCUT2D eigenvalue weighted by atomic mass is 16.5. The molecule has 3 nitrogen and oxygen atoms in total. The van der Waals surface area contributed by atoms with Crippen LogP contribution in [0.1, 0.15) is 36.1 Å². The van der Waals surface area contributed by atoms with Crippen LogP contribution in [0.2, 0.25) is 0 Å². The van der Waals surface area contributed by atoms with Gasteiger partial charge in [-0.3, -0.25) is 4.90 Å². The maximum absolute atomic E-state index is 6.08. The van der Waals surface area contributed by atoms with Gasteiger partial charge in [-0.05, 0) is 37.0 Å². The number of nitrogens with zero attached hydrogens (tertiary/aromatic N) is 1. The molecule has 0 saturated carbocycles. The van der Waals surface area contributed by atoms with Gasteiger partial charge in [-0.15, -0.1) is 0 Å². The van der Waals surface area contributed by atoms with Crippen molar-refractivity contribution < 1.29 is 4.74 Å². The number of benzene rings is 1. The minimum atomic E-state index is 0.319. The molecular weight excluding hydrogens is 236 g/mol. The summed E-state index contributed by atoms with van der Waals surface area (Å²) in [4.78, 5) is 2.49. The van der Waals surface area contributed by atoms with Gasteiger partial charge in [0.2, 0.25) is 0 Å². The molecule has 2 atom stereocenters. The molecule has 106 valence electrons. The molecule has 2 unspecified atom stereocenters. The van der Waals surface area contributed by atoms with Gasteiger partial charge in [0, 0.05) is 25.7 Å². The third kappa shape index (κ3) is 3.16. The van der Waals surface area contributed by atoms with Crippen LogP contribution in [0, 0.1) is 13.8 Å². The van der Waals surface area contributed by atoms with Gasteiger partial charge in [-0.1, -0.05) is 25.1 Å². The highest BCUT2D eigenvalue weighted by molar-refractivity contribution is 5.36. The van der Waals surface area contributed by atoms with Crippen molar-refractivity contribution in [3.05, 3.63) is 34.9 Å². The molecule has 1 heterocycles. The van der Waals surface area contributed by atoms with Crippen LogP contribution in [0.15, 0.2) is 18.2 Å². The fraction of sp³-hybridized carbons (Fsp3) is 0.625. The summed E-state index contributed by atoms with van der Waals surface area (Å²) in [7, 11) is 0. The molecule has 0 bridgehead atoms. The Morgan fingerprint density at radius 3 is 2.63 bits per heavy atom. The second-order valence-corrected chi connectivity index (χ2v) is 5.45. The van der Waals surface area contributed by atoms with Crippen molar-refractivity contribution in [2.75, 3.05) is 26.2 Å². The molecule has 0 aromatic heterocycles. The van der Waals surface area contributed by atoms with Gasteiger partial charge in [0.25, 0.3) is 0 Å². The number of hydrogen-bond donors (Lipinski definition) is 1. The first-order valence-electron chi connectivity index (χ1n) is 7.29. The molecule has 1 aliphatic heterocycles. The van der Waals surface area contributed by atoms with E-state index in [0.717, 1.165) is 26.1 Å². The highest BCUT2D eigenvalue weighted by Gasteiger charge is 2.27. The third-order valence-corrected chi connectivity index (χ3v) is 4.16. The molecule has 19 heavy (non-hydrogen) atoms. The van der Waals surface area contributed by atoms with E-state index in [4.69, 9.17) is 10.5 Å². The molecule has 1 saturated heterocycles. The number of ether oxygens (including phenoxy) is 1. The summed E-state index contributed by atoms with van der Waals surface area (Å²) in [5.74, 6) is 0. The van der Waals surface area contributed by atoms with E-state index in [1.165, 1.54) is 16.7 Å². The third-order valence-electron chi connectivity index (χ3n) is 4.16. The Hall–Kier alpha value is -0.900. The van der Waals surface area contributed by atoms with Crippen LogP contribution < -0.4 is 5.73 Å². The first kappa shape index (κ1) is 14.5. The average Bonchev–Trinajstić information content (AvgIpc) is 2.43. The minimum absolute atomic E-state index is 0.319. The molecule has 2 N–H and O–H groups in total. The first-order valence-corrected chi connectivity index (χ1v) is 7.29. The average molecular weight is 262 g/mol. The van der Waals surface area contributed by atoms with Crippen LogP contribution in [0.25, 0.3) is 0 Å². The molecular formula is C16H26N2O. The van der Waals surface area contributed by atoms with Gasteiger partial charge in [0.15, 0.2) is 0 Å². The SMILES string of the molecule is CCC1CN(C(CN)c2c(C)cccc2C)CCO1. The van der Waals surface area contributed by atoms with E-state index in [1.807, 2.05) is 0 Å². The van der Waals surface area contributed by atoms with E-state index >= 15 is 0 Å². The van der Waals surface area contributed by atoms with Crippen LogP contribution >= 0.6 is 0 Å². The lowest BCUT2D eigenvalue weighted by atomic mass is 9.94. The van der Waals surface area contributed by atoms with E-state index in [2.05, 4.69) is 43.9 Å². The predicted molar refractivity (Wildman–Crippen MR) is 79.3 cm³/mol. The minimum Gasteiger partial charge on any atom is -0.376 e. The fourth-order valence-electron chi connectivity index (χ4n) is 3.07. The van der Waals surface area contributed by atoms with Crippen molar-refractivity contribution in [1.29, 1.82) is 0 Å². The predicted octanol–water partition coefficient (Wildman–Crippen LogP) is 2.41. The molecule has 0 radical (unpaired) electrons. The zero-order valence-corrected chi connectivity index (χ0v) is 12.4. The molecule has 0 spiro atoms. The van der Waals surface area contributed by atoms with E-state index in [0.29, 0.717) is 18.7 Å². The molecule has 1 aromatic rings. The van der Waals surface area contributed by atoms with Gasteiger partial charge in [-0.25, -0.2) is 0 Å². The normalized spacial score (nSPS) is 22.4. The molecule has 3 heteroatoms. The maximum Gasteiger partial charge on any atom is 0.0700 e. The number of rotatable bonds is 4. The van der Waals surface area contributed by atoms with Crippen molar-refractivity contribution in [2.24, 2.45) is 5.73 Å². The van der Waals surface area contributed by atoms with Gasteiger partial charge in [0.1, 0.15) is 0 Å². The van der Waals surface area contributed by atoms with E-state index in [9.17, 15) is 0 Å². The molecule has 1 aromatic carbocycles. The summed E-state index contributed by atoms with van der Waals surface area (Å²) in [6, 6.07) is 6.81. The van der Waals surface area contributed by atoms with E-state index < -0.39 is 0 Å². The molecule has 1 aliphatic rings. The number of morpholine rings is 1. The molecule has 0 aliphatic carbocycles. The molecule has 1 fully saturated rings. The van der Waals surface area contributed by atoms with Crippen LogP contribution in [0.4, 0.5) is 0 Å². The van der Waals surface area contributed by atoms with E-state index in [-0.39, 0.29) is 0 Å². The summed E-state index contributed by atoms with van der Waals surface area (Å²) in [5.41, 5.74) is 10.2. The zero-order valence-electron chi connectivity index (χ0n) is 12.4. The van der Waals surface area contributed by atoms with Crippen molar-refractivity contribution in [2.45, 2.75) is 39.3 Å². The van der Waals surface area contributed by atoms with Gasteiger partial charge < -0.3 is 10.5 Å². The molecule has 2 rings (SSSR count). The largest absolute Gasteiger partial charge is 0.376 e. The standard InChI is InChI=1S/C16H26N2O/c1-4-14-11-18(8-9-19-14)15(10-17)16-12(2)6-5-7-13(16)3/h5-7,14-15H,4,8-11,17H2,1-3H3. The van der Waals surface area contributed by atoms with Crippen LogP contribution in [-0.2, 0) is 4.74 Å².